The Balaban J connectivity index is 1.71. The Morgan fingerprint density at radius 2 is 1.55 bits per heavy atom. The van der Waals surface area contributed by atoms with Crippen LogP contribution in [0.4, 0.5) is 30.7 Å². The molecular formula is C22H14F7N3O. The van der Waals surface area contributed by atoms with Gasteiger partial charge in [-0.1, -0.05) is 23.4 Å². The van der Waals surface area contributed by atoms with E-state index in [0.717, 1.165) is 6.34 Å². The van der Waals surface area contributed by atoms with E-state index in [1.54, 1.807) is 18.2 Å². The fourth-order valence-corrected chi connectivity index (χ4v) is 3.46. The van der Waals surface area contributed by atoms with Crippen molar-refractivity contribution in [1.82, 2.24) is 9.88 Å². The zero-order chi connectivity index (χ0) is 23.8. The van der Waals surface area contributed by atoms with Crippen molar-refractivity contribution in [1.29, 1.82) is 0 Å². The third-order valence-corrected chi connectivity index (χ3v) is 4.97. The van der Waals surface area contributed by atoms with Crippen LogP contribution in [0, 0.1) is 5.82 Å². The third-order valence-electron chi connectivity index (χ3n) is 4.97. The Kier molecular flexibility index (Phi) is 5.73. The van der Waals surface area contributed by atoms with Gasteiger partial charge in [-0.05, 0) is 41.5 Å². The van der Waals surface area contributed by atoms with Gasteiger partial charge in [0, 0.05) is 23.5 Å². The maximum atomic E-state index is 14.3. The predicted molar refractivity (Wildman–Crippen MR) is 104 cm³/mol. The molecule has 0 spiro atoms. The lowest BCUT2D eigenvalue weighted by atomic mass is 10.00. The monoisotopic (exact) mass is 469 g/mol. The molecule has 2 aromatic carbocycles. The van der Waals surface area contributed by atoms with Gasteiger partial charge in [0.25, 0.3) is 0 Å². The van der Waals surface area contributed by atoms with Crippen LogP contribution in [0.15, 0.2) is 66.1 Å². The summed E-state index contributed by atoms with van der Waals surface area (Å²) >= 11 is 0. The highest BCUT2D eigenvalue weighted by molar-refractivity contribution is 5.68. The molecule has 4 rings (SSSR count). The van der Waals surface area contributed by atoms with Gasteiger partial charge in [0.05, 0.1) is 17.7 Å². The number of pyridine rings is 1. The summed E-state index contributed by atoms with van der Waals surface area (Å²) in [5.74, 6) is -0.500. The first-order valence-corrected chi connectivity index (χ1v) is 9.46. The fourth-order valence-electron chi connectivity index (χ4n) is 3.46. The molecule has 172 valence electrons. The van der Waals surface area contributed by atoms with E-state index < -0.39 is 35.5 Å². The zero-order valence-corrected chi connectivity index (χ0v) is 16.5. The van der Waals surface area contributed by atoms with Crippen LogP contribution < -0.4 is 0 Å². The average Bonchev–Trinajstić information content (AvgIpc) is 3.21. The Morgan fingerprint density at radius 1 is 0.879 bits per heavy atom. The van der Waals surface area contributed by atoms with Gasteiger partial charge in [-0.15, -0.1) is 0 Å². The lowest BCUT2D eigenvalue weighted by Crippen LogP contribution is -2.25. The molecule has 0 aliphatic carbocycles. The van der Waals surface area contributed by atoms with Crippen molar-refractivity contribution in [3.63, 3.8) is 0 Å². The third kappa shape index (κ3) is 4.76. The molecule has 3 aromatic rings. The molecule has 0 radical (unpaired) electrons. The van der Waals surface area contributed by atoms with Gasteiger partial charge in [0.15, 0.2) is 0 Å². The van der Waals surface area contributed by atoms with E-state index >= 15 is 0 Å². The first-order chi connectivity index (χ1) is 15.5. The summed E-state index contributed by atoms with van der Waals surface area (Å²) in [6.07, 6.45) is -7.33. The van der Waals surface area contributed by atoms with Gasteiger partial charge in [0.1, 0.15) is 12.2 Å². The van der Waals surface area contributed by atoms with Gasteiger partial charge in [0.2, 0.25) is 6.23 Å². The molecule has 1 unspecified atom stereocenters. The van der Waals surface area contributed by atoms with Gasteiger partial charge in [-0.3, -0.25) is 4.98 Å². The Morgan fingerprint density at radius 3 is 2.18 bits per heavy atom. The van der Waals surface area contributed by atoms with E-state index in [1.165, 1.54) is 29.4 Å². The summed E-state index contributed by atoms with van der Waals surface area (Å²) < 4.78 is 93.8. The van der Waals surface area contributed by atoms with Crippen LogP contribution in [-0.4, -0.2) is 16.2 Å². The van der Waals surface area contributed by atoms with Crippen LogP contribution >= 0.6 is 0 Å². The molecule has 33 heavy (non-hydrogen) atoms. The van der Waals surface area contributed by atoms with Gasteiger partial charge in [-0.25, -0.2) is 4.39 Å². The second kappa shape index (κ2) is 8.38. The second-order valence-electron chi connectivity index (χ2n) is 7.20. The highest BCUT2D eigenvalue weighted by Gasteiger charge is 2.39. The number of benzene rings is 2. The molecule has 0 amide bonds. The molecule has 1 aromatic heterocycles. The minimum Gasteiger partial charge on any atom is -0.364 e. The van der Waals surface area contributed by atoms with Crippen LogP contribution in [0.5, 0.6) is 0 Å². The summed E-state index contributed by atoms with van der Waals surface area (Å²) in [6.45, 7) is -0.0662. The van der Waals surface area contributed by atoms with Crippen molar-refractivity contribution in [2.24, 2.45) is 5.16 Å². The van der Waals surface area contributed by atoms with Gasteiger partial charge >= 0.3 is 12.4 Å². The summed E-state index contributed by atoms with van der Waals surface area (Å²) in [5.41, 5.74) is -2.12. The maximum absolute atomic E-state index is 14.3. The number of halogens is 7. The van der Waals surface area contributed by atoms with E-state index in [9.17, 15) is 30.7 Å². The normalized spacial score (nSPS) is 16.2. The van der Waals surface area contributed by atoms with Crippen LogP contribution in [0.2, 0.25) is 0 Å². The van der Waals surface area contributed by atoms with E-state index in [1.807, 2.05) is 0 Å². The summed E-state index contributed by atoms with van der Waals surface area (Å²) in [7, 11) is 0. The quantitative estimate of drug-likeness (QED) is 0.415. The van der Waals surface area contributed by atoms with Crippen molar-refractivity contribution in [2.75, 3.05) is 0 Å². The predicted octanol–water partition coefficient (Wildman–Crippen LogP) is 6.40. The van der Waals surface area contributed by atoms with Crippen molar-refractivity contribution < 1.29 is 35.6 Å². The van der Waals surface area contributed by atoms with Crippen molar-refractivity contribution in [2.45, 2.75) is 25.1 Å². The number of hydrogen-bond donors (Lipinski definition) is 0. The number of rotatable bonds is 4. The standard InChI is InChI=1S/C22H14F7N3O/c23-19-4-2-1-3-18(19)17-5-6-30-10-14(17)11-32-12-31-33-20(32)13-7-15(21(24,25)26)9-16(8-13)22(27,28)29/h1-10,12,20H,11H2. The minimum absolute atomic E-state index is 0.0427. The number of alkyl halides is 6. The van der Waals surface area contributed by atoms with Crippen molar-refractivity contribution >= 4 is 6.34 Å². The molecule has 0 saturated carbocycles. The van der Waals surface area contributed by atoms with Crippen LogP contribution in [0.3, 0.4) is 0 Å². The largest absolute Gasteiger partial charge is 0.416 e. The Labute approximate surface area is 182 Å². The average molecular weight is 469 g/mol. The highest BCUT2D eigenvalue weighted by Crippen LogP contribution is 2.39. The molecule has 1 aliphatic rings. The molecule has 2 heterocycles. The van der Waals surface area contributed by atoms with Gasteiger partial charge in [-0.2, -0.15) is 26.3 Å². The SMILES string of the molecule is Fc1ccccc1-c1ccncc1CN1C=NOC1c1cc(C(F)(F)F)cc(C(F)(F)F)c1. The zero-order valence-electron chi connectivity index (χ0n) is 16.5. The number of hydrogen-bond acceptors (Lipinski definition) is 4. The lowest BCUT2D eigenvalue weighted by Gasteiger charge is -2.24. The summed E-state index contributed by atoms with van der Waals surface area (Å²) in [4.78, 5) is 10.4. The van der Waals surface area contributed by atoms with E-state index in [2.05, 4.69) is 10.1 Å². The molecule has 1 atom stereocenters. The fraction of sp³-hybridized carbons (Fsp3) is 0.182. The smallest absolute Gasteiger partial charge is 0.364 e. The Hall–Kier alpha value is -3.63. The maximum Gasteiger partial charge on any atom is 0.416 e. The summed E-state index contributed by atoms with van der Waals surface area (Å²) in [5, 5.41) is 3.57. The topological polar surface area (TPSA) is 37.7 Å². The Bertz CT molecular complexity index is 1160. The molecular weight excluding hydrogens is 455 g/mol. The molecule has 0 N–H and O–H groups in total. The van der Waals surface area contributed by atoms with Crippen LogP contribution in [-0.2, 0) is 23.7 Å². The first-order valence-electron chi connectivity index (χ1n) is 9.46. The molecule has 0 bridgehead atoms. The second-order valence-corrected chi connectivity index (χ2v) is 7.20. The van der Waals surface area contributed by atoms with E-state index in [4.69, 9.17) is 4.84 Å². The molecule has 0 fully saturated rings. The highest BCUT2D eigenvalue weighted by atomic mass is 19.4. The lowest BCUT2D eigenvalue weighted by molar-refractivity contribution is -0.143. The molecule has 0 saturated heterocycles. The molecule has 1 aliphatic heterocycles. The van der Waals surface area contributed by atoms with Crippen LogP contribution in [0.1, 0.15) is 28.5 Å². The number of oxime groups is 1. The first kappa shape index (κ1) is 22.6. The number of nitrogens with zero attached hydrogens (tertiary/aromatic N) is 3. The summed E-state index contributed by atoms with van der Waals surface area (Å²) in [6, 6.07) is 8.73. The van der Waals surface area contributed by atoms with E-state index in [-0.39, 0.29) is 23.7 Å². The van der Waals surface area contributed by atoms with Crippen LogP contribution in [0.25, 0.3) is 11.1 Å². The van der Waals surface area contributed by atoms with E-state index in [0.29, 0.717) is 23.3 Å². The van der Waals surface area contributed by atoms with Crippen molar-refractivity contribution in [3.8, 4) is 11.1 Å². The number of aromatic nitrogens is 1. The minimum atomic E-state index is -5.00. The molecule has 11 heteroatoms. The molecule has 4 nitrogen and oxygen atoms in total. The van der Waals surface area contributed by atoms with Crippen molar-refractivity contribution in [3.05, 3.63) is 89.0 Å². The van der Waals surface area contributed by atoms with Gasteiger partial charge < -0.3 is 9.74 Å².